The van der Waals surface area contributed by atoms with Gasteiger partial charge in [0.05, 0.1) is 12.4 Å². The van der Waals surface area contributed by atoms with E-state index >= 15 is 0 Å². The third-order valence-electron chi connectivity index (χ3n) is 4.22. The number of carbonyl (C=O) groups is 2. The number of hydrogen-bond donors (Lipinski definition) is 3. The van der Waals surface area contributed by atoms with Gasteiger partial charge in [-0.3, -0.25) is 9.78 Å². The Hall–Kier alpha value is -2.72. The largest absolute Gasteiger partial charge is 0.354 e. The molecule has 2 rings (SSSR count). The molecule has 0 aliphatic rings. The molecule has 0 aliphatic carbocycles. The third kappa shape index (κ3) is 5.45. The van der Waals surface area contributed by atoms with Gasteiger partial charge in [0.2, 0.25) is 0 Å². The number of halogens is 1. The van der Waals surface area contributed by atoms with E-state index in [1.807, 2.05) is 32.4 Å². The Morgan fingerprint density at radius 1 is 1.03 bits per heavy atom. The number of nitrogens with zero attached hydrogens (tertiary/aromatic N) is 2. The fourth-order valence-electron chi connectivity index (χ4n) is 2.73. The molecular weight excluding hydrogens is 430 g/mol. The molecule has 0 saturated heterocycles. The molecule has 0 spiro atoms. The monoisotopic (exact) mass is 453 g/mol. The molecule has 2 aromatic rings. The number of anilines is 1. The lowest BCUT2D eigenvalue weighted by Crippen LogP contribution is -2.36. The third-order valence-corrected chi connectivity index (χ3v) is 5.64. The average Bonchev–Trinajstić information content (AvgIpc) is 2.67. The van der Waals surface area contributed by atoms with Gasteiger partial charge >= 0.3 is 6.03 Å². The average molecular weight is 454 g/mol. The highest BCUT2D eigenvalue weighted by Crippen LogP contribution is 2.35. The maximum atomic E-state index is 12.6. The quantitative estimate of drug-likeness (QED) is 0.615. The highest BCUT2D eigenvalue weighted by atomic mass is 35.5. The van der Waals surface area contributed by atoms with Crippen molar-refractivity contribution in [1.82, 2.24) is 20.0 Å². The zero-order valence-electron chi connectivity index (χ0n) is 17.3. The van der Waals surface area contributed by atoms with Crippen molar-refractivity contribution in [2.75, 3.05) is 12.4 Å². The Bertz CT molecular complexity index is 1040. The van der Waals surface area contributed by atoms with Crippen LogP contribution in [0, 0.1) is 0 Å². The predicted molar refractivity (Wildman–Crippen MR) is 114 cm³/mol. The highest BCUT2D eigenvalue weighted by Gasteiger charge is 2.24. The molecule has 0 unspecified atom stereocenters. The summed E-state index contributed by atoms with van der Waals surface area (Å²) in [5, 5.41) is 4.93. The molecular formula is C19H24ClN5O4S. The van der Waals surface area contributed by atoms with E-state index in [4.69, 9.17) is 11.6 Å². The number of amides is 3. The summed E-state index contributed by atoms with van der Waals surface area (Å²) < 4.78 is 27.0. The van der Waals surface area contributed by atoms with Crippen LogP contribution in [0.1, 0.15) is 61.1 Å². The summed E-state index contributed by atoms with van der Waals surface area (Å²) in [7, 11) is -2.98. The minimum absolute atomic E-state index is 0.0308. The van der Waals surface area contributed by atoms with Gasteiger partial charge in [-0.05, 0) is 35.1 Å². The smallest absolute Gasteiger partial charge is 0.333 e. The Morgan fingerprint density at radius 3 is 2.10 bits per heavy atom. The number of hydrogen-bond acceptors (Lipinski definition) is 6. The zero-order valence-corrected chi connectivity index (χ0v) is 18.9. The van der Waals surface area contributed by atoms with Crippen LogP contribution in [-0.4, -0.2) is 37.4 Å². The van der Waals surface area contributed by atoms with Crippen LogP contribution in [0.25, 0.3) is 0 Å². The SMILES string of the molecule is CNC(=O)c1cncc(S(=O)(=O)NC(=O)Nc2c(C(C)C)cc(Cl)cc2C(C)C)n1. The first-order valence-corrected chi connectivity index (χ1v) is 11.0. The highest BCUT2D eigenvalue weighted by molar-refractivity contribution is 7.90. The zero-order chi connectivity index (χ0) is 22.6. The van der Waals surface area contributed by atoms with Gasteiger partial charge in [0.15, 0.2) is 5.03 Å². The Balaban J connectivity index is 2.35. The van der Waals surface area contributed by atoms with Crippen LogP contribution < -0.4 is 15.4 Å². The molecule has 0 fully saturated rings. The first-order chi connectivity index (χ1) is 14.0. The summed E-state index contributed by atoms with van der Waals surface area (Å²) in [6.45, 7) is 7.76. The number of urea groups is 1. The lowest BCUT2D eigenvalue weighted by molar-refractivity contribution is 0.0957. The molecule has 3 N–H and O–H groups in total. The molecule has 1 aromatic carbocycles. The summed E-state index contributed by atoms with van der Waals surface area (Å²) in [4.78, 5) is 31.7. The number of aromatic nitrogens is 2. The molecule has 9 nitrogen and oxygen atoms in total. The number of benzene rings is 1. The van der Waals surface area contributed by atoms with E-state index in [2.05, 4.69) is 20.6 Å². The maximum absolute atomic E-state index is 12.6. The van der Waals surface area contributed by atoms with E-state index in [9.17, 15) is 18.0 Å². The van der Waals surface area contributed by atoms with Crippen LogP contribution >= 0.6 is 11.6 Å². The maximum Gasteiger partial charge on any atom is 0.333 e. The Kier molecular flexibility index (Phi) is 7.38. The first-order valence-electron chi connectivity index (χ1n) is 9.17. The van der Waals surface area contributed by atoms with E-state index < -0.39 is 27.0 Å². The summed E-state index contributed by atoms with van der Waals surface area (Å²) in [6.07, 6.45) is 2.07. The minimum Gasteiger partial charge on any atom is -0.354 e. The standard InChI is InChI=1S/C19H24ClN5O4S/c1-10(2)13-6-12(20)7-14(11(3)4)17(13)24-19(27)25-30(28,29)16-9-22-8-15(23-16)18(26)21-5/h6-11H,1-5H3,(H,21,26)(H2,24,25,27). The molecule has 1 heterocycles. The molecule has 3 amide bonds. The van der Waals surface area contributed by atoms with Gasteiger partial charge in [0, 0.05) is 17.8 Å². The van der Waals surface area contributed by atoms with Gasteiger partial charge in [0.1, 0.15) is 5.69 Å². The van der Waals surface area contributed by atoms with E-state index in [-0.39, 0.29) is 17.5 Å². The van der Waals surface area contributed by atoms with Gasteiger partial charge in [-0.2, -0.15) is 8.42 Å². The minimum atomic E-state index is -4.36. The summed E-state index contributed by atoms with van der Waals surface area (Å²) >= 11 is 6.21. The van der Waals surface area contributed by atoms with Crippen molar-refractivity contribution in [2.45, 2.75) is 44.6 Å². The van der Waals surface area contributed by atoms with Crippen LogP contribution in [0.2, 0.25) is 5.02 Å². The molecule has 0 bridgehead atoms. The second-order valence-corrected chi connectivity index (χ2v) is 9.22. The number of carbonyl (C=O) groups excluding carboxylic acids is 2. The second kappa shape index (κ2) is 9.40. The number of rotatable bonds is 6. The van der Waals surface area contributed by atoms with Crippen molar-refractivity contribution in [2.24, 2.45) is 0 Å². The van der Waals surface area contributed by atoms with E-state index in [1.165, 1.54) is 7.05 Å². The van der Waals surface area contributed by atoms with Crippen LogP contribution in [-0.2, 0) is 10.0 Å². The normalized spacial score (nSPS) is 11.5. The summed E-state index contributed by atoms with van der Waals surface area (Å²) in [5.41, 5.74) is 1.87. The van der Waals surface area contributed by atoms with E-state index in [0.29, 0.717) is 10.7 Å². The van der Waals surface area contributed by atoms with Crippen molar-refractivity contribution in [3.05, 3.63) is 46.4 Å². The topological polar surface area (TPSA) is 130 Å². The van der Waals surface area contributed by atoms with Crippen LogP contribution in [0.3, 0.4) is 0 Å². The van der Waals surface area contributed by atoms with Crippen molar-refractivity contribution in [3.63, 3.8) is 0 Å². The molecule has 0 radical (unpaired) electrons. The van der Waals surface area contributed by atoms with E-state index in [1.54, 1.807) is 12.1 Å². The fourth-order valence-corrected chi connectivity index (χ4v) is 3.79. The van der Waals surface area contributed by atoms with Gasteiger partial charge < -0.3 is 10.6 Å². The first kappa shape index (κ1) is 23.6. The van der Waals surface area contributed by atoms with Crippen molar-refractivity contribution in [1.29, 1.82) is 0 Å². The van der Waals surface area contributed by atoms with Crippen LogP contribution in [0.5, 0.6) is 0 Å². The predicted octanol–water partition coefficient (Wildman–Crippen LogP) is 3.25. The number of nitrogens with one attached hydrogen (secondary N) is 3. The summed E-state index contributed by atoms with van der Waals surface area (Å²) in [5.74, 6) is -0.542. The van der Waals surface area contributed by atoms with Crippen LogP contribution in [0.15, 0.2) is 29.6 Å². The van der Waals surface area contributed by atoms with Crippen LogP contribution in [0.4, 0.5) is 10.5 Å². The molecule has 30 heavy (non-hydrogen) atoms. The van der Waals surface area contributed by atoms with Crippen molar-refractivity contribution in [3.8, 4) is 0 Å². The molecule has 11 heteroatoms. The van der Waals surface area contributed by atoms with Crippen molar-refractivity contribution >= 4 is 39.2 Å². The lowest BCUT2D eigenvalue weighted by atomic mass is 9.92. The van der Waals surface area contributed by atoms with E-state index in [0.717, 1.165) is 23.5 Å². The van der Waals surface area contributed by atoms with Crippen molar-refractivity contribution < 1.29 is 18.0 Å². The molecule has 0 saturated carbocycles. The molecule has 0 atom stereocenters. The number of sulfonamides is 1. The van der Waals surface area contributed by atoms with Gasteiger partial charge in [-0.25, -0.2) is 14.5 Å². The molecule has 162 valence electrons. The Morgan fingerprint density at radius 2 is 1.60 bits per heavy atom. The van der Waals surface area contributed by atoms with Gasteiger partial charge in [0.25, 0.3) is 15.9 Å². The van der Waals surface area contributed by atoms with Gasteiger partial charge in [-0.1, -0.05) is 39.3 Å². The fraction of sp³-hybridized carbons (Fsp3) is 0.368. The second-order valence-electron chi connectivity index (χ2n) is 7.15. The Labute approximate surface area is 180 Å². The molecule has 1 aromatic heterocycles. The van der Waals surface area contributed by atoms with Gasteiger partial charge in [-0.15, -0.1) is 0 Å². The molecule has 0 aliphatic heterocycles. The summed E-state index contributed by atoms with van der Waals surface area (Å²) in [6, 6.07) is 2.51. The lowest BCUT2D eigenvalue weighted by Gasteiger charge is -2.21.